The van der Waals surface area contributed by atoms with E-state index in [9.17, 15) is 4.79 Å². The molecule has 1 saturated carbocycles. The molecule has 1 aliphatic heterocycles. The van der Waals surface area contributed by atoms with Crippen LogP contribution in [0.1, 0.15) is 61.9 Å². The van der Waals surface area contributed by atoms with Crippen LogP contribution in [0.3, 0.4) is 0 Å². The summed E-state index contributed by atoms with van der Waals surface area (Å²) in [5, 5.41) is 12.8. The van der Waals surface area contributed by atoms with E-state index in [1.807, 2.05) is 17.5 Å². The molecule has 2 fully saturated rings. The minimum Gasteiger partial charge on any atom is -0.341 e. The van der Waals surface area contributed by atoms with E-state index in [2.05, 4.69) is 39.6 Å². The SMILES string of the molecule is CC(=O)N(c1ccc(C)c(C)c1)c1nc(CSc2nnc(N3CCCCC3)n2C2CC2)cs1. The average molecular weight is 483 g/mol. The number of aromatic nitrogens is 4. The van der Waals surface area contributed by atoms with Gasteiger partial charge in [0.15, 0.2) is 10.3 Å². The standard InChI is InChI=1S/C24H30N6OS2/c1-16-7-8-21(13-17(16)2)29(18(3)31)23-25-19(14-32-23)15-33-24-27-26-22(30(24)20-9-10-20)28-11-5-4-6-12-28/h7-8,13-14,20H,4-6,9-12,15H2,1-3H3. The number of hydrogen-bond acceptors (Lipinski definition) is 7. The van der Waals surface area contributed by atoms with Crippen LogP contribution in [0.5, 0.6) is 0 Å². The largest absolute Gasteiger partial charge is 0.341 e. The third-order valence-corrected chi connectivity index (χ3v) is 8.19. The Bertz CT molecular complexity index is 1150. The van der Waals surface area contributed by atoms with Crippen molar-refractivity contribution in [3.8, 4) is 0 Å². The summed E-state index contributed by atoms with van der Waals surface area (Å²) in [6.45, 7) is 7.88. The van der Waals surface area contributed by atoms with Crippen LogP contribution in [-0.2, 0) is 10.5 Å². The molecule has 0 radical (unpaired) electrons. The Balaban J connectivity index is 1.32. The fourth-order valence-corrected chi connectivity index (χ4v) is 6.11. The number of aryl methyl sites for hydroxylation is 2. The predicted molar refractivity (Wildman–Crippen MR) is 135 cm³/mol. The van der Waals surface area contributed by atoms with Crippen molar-refractivity contribution in [2.24, 2.45) is 0 Å². The van der Waals surface area contributed by atoms with Crippen LogP contribution < -0.4 is 9.80 Å². The van der Waals surface area contributed by atoms with Gasteiger partial charge in [0.2, 0.25) is 11.9 Å². The Morgan fingerprint density at radius 2 is 1.94 bits per heavy atom. The quantitative estimate of drug-likeness (QED) is 0.405. The van der Waals surface area contributed by atoms with Crippen molar-refractivity contribution in [1.82, 2.24) is 19.7 Å². The first kappa shape index (κ1) is 22.4. The summed E-state index contributed by atoms with van der Waals surface area (Å²) in [5.74, 6) is 1.71. The molecule has 1 aromatic carbocycles. The van der Waals surface area contributed by atoms with Crippen LogP contribution in [0.2, 0.25) is 0 Å². The lowest BCUT2D eigenvalue weighted by atomic mass is 10.1. The highest BCUT2D eigenvalue weighted by atomic mass is 32.2. The molecule has 1 saturated heterocycles. The summed E-state index contributed by atoms with van der Waals surface area (Å²) in [4.78, 5) is 21.4. The molecule has 1 amide bonds. The second kappa shape index (κ2) is 9.46. The van der Waals surface area contributed by atoms with Gasteiger partial charge in [-0.2, -0.15) is 0 Å². The van der Waals surface area contributed by atoms with Crippen LogP contribution in [0, 0.1) is 13.8 Å². The van der Waals surface area contributed by atoms with E-state index in [4.69, 9.17) is 4.98 Å². The van der Waals surface area contributed by atoms with Gasteiger partial charge in [-0.3, -0.25) is 14.3 Å². The van der Waals surface area contributed by atoms with E-state index in [0.29, 0.717) is 16.9 Å². The first-order valence-corrected chi connectivity index (χ1v) is 13.5. The topological polar surface area (TPSA) is 67.2 Å². The molecule has 2 aliphatic rings. The second-order valence-corrected chi connectivity index (χ2v) is 10.7. The molecular weight excluding hydrogens is 452 g/mol. The Labute approximate surface area is 203 Å². The minimum absolute atomic E-state index is 0.0357. The maximum atomic E-state index is 12.5. The van der Waals surface area contributed by atoms with E-state index in [0.717, 1.165) is 41.1 Å². The van der Waals surface area contributed by atoms with Gasteiger partial charge in [0.05, 0.1) is 11.4 Å². The zero-order chi connectivity index (χ0) is 22.9. The zero-order valence-corrected chi connectivity index (χ0v) is 21.1. The van der Waals surface area contributed by atoms with Gasteiger partial charge in [-0.25, -0.2) is 4.98 Å². The van der Waals surface area contributed by atoms with Crippen molar-refractivity contribution in [2.75, 3.05) is 22.9 Å². The first-order chi connectivity index (χ1) is 16.0. The smallest absolute Gasteiger partial charge is 0.230 e. The van der Waals surface area contributed by atoms with Gasteiger partial charge < -0.3 is 4.90 Å². The van der Waals surface area contributed by atoms with Crippen LogP contribution >= 0.6 is 23.1 Å². The van der Waals surface area contributed by atoms with Crippen LogP contribution in [0.4, 0.5) is 16.8 Å². The molecule has 9 heteroatoms. The number of nitrogens with zero attached hydrogens (tertiary/aromatic N) is 6. The number of piperidine rings is 1. The third kappa shape index (κ3) is 4.80. The fraction of sp³-hybridized carbons (Fsp3) is 0.500. The molecule has 174 valence electrons. The zero-order valence-electron chi connectivity index (χ0n) is 19.5. The Morgan fingerprint density at radius 3 is 2.64 bits per heavy atom. The fourth-order valence-electron chi connectivity index (χ4n) is 4.22. The second-order valence-electron chi connectivity index (χ2n) is 8.96. The molecule has 0 N–H and O–H groups in total. The molecule has 0 atom stereocenters. The first-order valence-electron chi connectivity index (χ1n) is 11.7. The van der Waals surface area contributed by atoms with Crippen molar-refractivity contribution in [2.45, 2.75) is 69.8 Å². The monoisotopic (exact) mass is 482 g/mol. The van der Waals surface area contributed by atoms with E-state index in [1.54, 1.807) is 23.6 Å². The molecule has 0 spiro atoms. The summed E-state index contributed by atoms with van der Waals surface area (Å²) in [5.41, 5.74) is 4.19. The Hall–Kier alpha value is -2.39. The van der Waals surface area contributed by atoms with Gasteiger partial charge in [0.25, 0.3) is 0 Å². The highest BCUT2D eigenvalue weighted by molar-refractivity contribution is 7.98. The number of thiazole rings is 1. The Kier molecular flexibility index (Phi) is 6.42. The van der Waals surface area contributed by atoms with Gasteiger partial charge in [-0.1, -0.05) is 17.8 Å². The molecule has 33 heavy (non-hydrogen) atoms. The van der Waals surface area contributed by atoms with Gasteiger partial charge in [0, 0.05) is 37.2 Å². The van der Waals surface area contributed by atoms with E-state index < -0.39 is 0 Å². The molecule has 0 bridgehead atoms. The van der Waals surface area contributed by atoms with E-state index >= 15 is 0 Å². The van der Waals surface area contributed by atoms with Crippen molar-refractivity contribution in [3.05, 3.63) is 40.4 Å². The maximum Gasteiger partial charge on any atom is 0.230 e. The molecule has 3 heterocycles. The number of benzene rings is 1. The number of thioether (sulfide) groups is 1. The number of hydrogen-bond donors (Lipinski definition) is 0. The highest BCUT2D eigenvalue weighted by Gasteiger charge is 2.32. The average Bonchev–Trinajstić information content (AvgIpc) is 3.39. The van der Waals surface area contributed by atoms with Crippen molar-refractivity contribution >= 4 is 45.8 Å². The van der Waals surface area contributed by atoms with Gasteiger partial charge >= 0.3 is 0 Å². The van der Waals surface area contributed by atoms with Gasteiger partial charge in [-0.05, 0) is 69.2 Å². The van der Waals surface area contributed by atoms with Gasteiger partial charge in [-0.15, -0.1) is 21.5 Å². The molecule has 1 aliphatic carbocycles. The van der Waals surface area contributed by atoms with E-state index in [1.165, 1.54) is 49.0 Å². The summed E-state index contributed by atoms with van der Waals surface area (Å²) < 4.78 is 2.35. The minimum atomic E-state index is -0.0357. The van der Waals surface area contributed by atoms with Crippen molar-refractivity contribution in [1.29, 1.82) is 0 Å². The lowest BCUT2D eigenvalue weighted by molar-refractivity contribution is -0.115. The third-order valence-electron chi connectivity index (χ3n) is 6.34. The highest BCUT2D eigenvalue weighted by Crippen LogP contribution is 2.42. The lowest BCUT2D eigenvalue weighted by Gasteiger charge is -2.27. The summed E-state index contributed by atoms with van der Waals surface area (Å²) in [7, 11) is 0. The summed E-state index contributed by atoms with van der Waals surface area (Å²) in [6, 6.07) is 6.62. The lowest BCUT2D eigenvalue weighted by Crippen LogP contribution is -2.31. The number of anilines is 3. The van der Waals surface area contributed by atoms with Crippen molar-refractivity contribution < 1.29 is 4.79 Å². The molecule has 2 aromatic heterocycles. The number of carbonyl (C=O) groups is 1. The number of amides is 1. The molecule has 3 aromatic rings. The maximum absolute atomic E-state index is 12.5. The predicted octanol–water partition coefficient (Wildman–Crippen LogP) is 5.65. The van der Waals surface area contributed by atoms with Crippen LogP contribution in [0.15, 0.2) is 28.7 Å². The molecule has 5 rings (SSSR count). The van der Waals surface area contributed by atoms with Crippen LogP contribution in [-0.4, -0.2) is 38.7 Å². The molecule has 0 unspecified atom stereocenters. The Morgan fingerprint density at radius 1 is 1.15 bits per heavy atom. The normalized spacial score (nSPS) is 16.3. The number of rotatable bonds is 7. The van der Waals surface area contributed by atoms with Crippen molar-refractivity contribution in [3.63, 3.8) is 0 Å². The summed E-state index contributed by atoms with van der Waals surface area (Å²) >= 11 is 3.20. The van der Waals surface area contributed by atoms with Crippen LogP contribution in [0.25, 0.3) is 0 Å². The molecular formula is C24H30N6OS2. The van der Waals surface area contributed by atoms with Gasteiger partial charge in [0.1, 0.15) is 0 Å². The molecule has 7 nitrogen and oxygen atoms in total. The van der Waals surface area contributed by atoms with E-state index in [-0.39, 0.29) is 5.91 Å². The summed E-state index contributed by atoms with van der Waals surface area (Å²) in [6.07, 6.45) is 6.18. The number of carbonyl (C=O) groups excluding carboxylic acids is 1.